The van der Waals surface area contributed by atoms with Crippen molar-refractivity contribution in [1.29, 1.82) is 0 Å². The third-order valence-electron chi connectivity index (χ3n) is 2.78. The van der Waals surface area contributed by atoms with Crippen LogP contribution in [-0.2, 0) is 0 Å². The Hall–Kier alpha value is -2.02. The lowest BCUT2D eigenvalue weighted by atomic mass is 10.2. The highest BCUT2D eigenvalue weighted by molar-refractivity contribution is 7.09. The third kappa shape index (κ3) is 2.87. The minimum absolute atomic E-state index is 0.0255. The van der Waals surface area contributed by atoms with Gasteiger partial charge in [0, 0.05) is 23.3 Å². The number of hydrogen-bond donors (Lipinski definition) is 1. The van der Waals surface area contributed by atoms with Crippen LogP contribution >= 0.6 is 11.3 Å². The molecule has 0 aliphatic heterocycles. The van der Waals surface area contributed by atoms with Gasteiger partial charge in [-0.2, -0.15) is 0 Å². The number of aromatic nitrogens is 2. The van der Waals surface area contributed by atoms with Crippen LogP contribution in [0, 0.1) is 17.0 Å². The molecule has 0 aliphatic rings. The number of aryl methyl sites for hydroxylation is 1. The second-order valence-corrected chi connectivity index (χ2v) is 4.98. The van der Waals surface area contributed by atoms with Crippen LogP contribution in [0.2, 0.25) is 0 Å². The van der Waals surface area contributed by atoms with Crippen molar-refractivity contribution in [2.45, 2.75) is 26.3 Å². The van der Waals surface area contributed by atoms with Gasteiger partial charge < -0.3 is 5.32 Å². The highest BCUT2D eigenvalue weighted by Crippen LogP contribution is 2.30. The second kappa shape index (κ2) is 5.75. The molecular formula is C12H14N4O2S. The van der Waals surface area contributed by atoms with E-state index in [1.165, 1.54) is 11.3 Å². The molecule has 2 aromatic rings. The zero-order valence-corrected chi connectivity index (χ0v) is 11.5. The predicted molar refractivity (Wildman–Crippen MR) is 74.4 cm³/mol. The average molecular weight is 278 g/mol. The van der Waals surface area contributed by atoms with Gasteiger partial charge in [-0.3, -0.25) is 10.1 Å². The number of hydrogen-bond acceptors (Lipinski definition) is 6. The number of nitrogens with one attached hydrogen (secondary N) is 1. The molecule has 0 spiro atoms. The first-order valence-electron chi connectivity index (χ1n) is 5.89. The maximum absolute atomic E-state index is 11.1. The van der Waals surface area contributed by atoms with Crippen LogP contribution in [0.5, 0.6) is 0 Å². The molecule has 1 atom stereocenters. The van der Waals surface area contributed by atoms with Crippen LogP contribution in [0.15, 0.2) is 23.8 Å². The zero-order valence-electron chi connectivity index (χ0n) is 10.7. The minimum atomic E-state index is -0.404. The Morgan fingerprint density at radius 1 is 1.47 bits per heavy atom. The molecule has 1 N–H and O–H groups in total. The highest BCUT2D eigenvalue weighted by atomic mass is 32.1. The van der Waals surface area contributed by atoms with Crippen molar-refractivity contribution in [3.63, 3.8) is 0 Å². The Morgan fingerprint density at radius 2 is 2.26 bits per heavy atom. The van der Waals surface area contributed by atoms with E-state index in [2.05, 4.69) is 15.3 Å². The fourth-order valence-electron chi connectivity index (χ4n) is 1.80. The van der Waals surface area contributed by atoms with E-state index < -0.39 is 4.92 Å². The summed E-state index contributed by atoms with van der Waals surface area (Å²) >= 11 is 1.52. The van der Waals surface area contributed by atoms with Gasteiger partial charge in [-0.1, -0.05) is 6.92 Å². The summed E-state index contributed by atoms with van der Waals surface area (Å²) in [7, 11) is 0. The largest absolute Gasteiger partial charge is 0.355 e. The van der Waals surface area contributed by atoms with Crippen molar-refractivity contribution in [1.82, 2.24) is 9.97 Å². The summed E-state index contributed by atoms with van der Waals surface area (Å²) in [6, 6.07) is 1.57. The van der Waals surface area contributed by atoms with Gasteiger partial charge in [-0.05, 0) is 19.4 Å². The Kier molecular flexibility index (Phi) is 4.06. The second-order valence-electron chi connectivity index (χ2n) is 4.06. The molecule has 0 aromatic carbocycles. The maximum Gasteiger partial charge on any atom is 0.314 e. The lowest BCUT2D eigenvalue weighted by Crippen LogP contribution is -2.12. The van der Waals surface area contributed by atoms with Gasteiger partial charge in [0.25, 0.3) is 0 Å². The van der Waals surface area contributed by atoms with Gasteiger partial charge >= 0.3 is 5.69 Å². The molecule has 0 saturated heterocycles. The summed E-state index contributed by atoms with van der Waals surface area (Å²) in [6.45, 7) is 3.70. The van der Waals surface area contributed by atoms with Crippen LogP contribution in [0.4, 0.5) is 11.5 Å². The summed E-state index contributed by atoms with van der Waals surface area (Å²) in [4.78, 5) is 19.0. The lowest BCUT2D eigenvalue weighted by Gasteiger charge is -2.15. The van der Waals surface area contributed by atoms with E-state index in [0.717, 1.165) is 11.4 Å². The number of nitrogens with zero attached hydrogens (tertiary/aromatic N) is 3. The molecule has 19 heavy (non-hydrogen) atoms. The zero-order chi connectivity index (χ0) is 13.8. The van der Waals surface area contributed by atoms with Crippen LogP contribution in [-0.4, -0.2) is 14.9 Å². The Labute approximate surface area is 114 Å². The standard InChI is InChI=1S/C12H14N4O2S/c1-3-9(12-14-6-7-19-12)15-11-10(16(17)18)8(2)4-5-13-11/h4-7,9H,3H2,1-2H3,(H,13,15). The van der Waals surface area contributed by atoms with Gasteiger partial charge in [0.05, 0.1) is 11.0 Å². The molecule has 0 amide bonds. The smallest absolute Gasteiger partial charge is 0.314 e. The van der Waals surface area contributed by atoms with Crippen molar-refractivity contribution in [3.05, 3.63) is 44.5 Å². The molecule has 0 fully saturated rings. The van der Waals surface area contributed by atoms with Crippen LogP contribution in [0.1, 0.15) is 30.0 Å². The van der Waals surface area contributed by atoms with Gasteiger partial charge in [0.2, 0.25) is 5.82 Å². The first kappa shape index (κ1) is 13.4. The van der Waals surface area contributed by atoms with Crippen molar-refractivity contribution in [2.24, 2.45) is 0 Å². The first-order chi connectivity index (χ1) is 9.13. The third-order valence-corrected chi connectivity index (χ3v) is 3.67. The number of rotatable bonds is 5. The number of thiazole rings is 1. The Balaban J connectivity index is 2.32. The molecular weight excluding hydrogens is 264 g/mol. The van der Waals surface area contributed by atoms with E-state index in [1.54, 1.807) is 25.4 Å². The molecule has 6 nitrogen and oxygen atoms in total. The van der Waals surface area contributed by atoms with Crippen LogP contribution in [0.25, 0.3) is 0 Å². The van der Waals surface area contributed by atoms with Gasteiger partial charge in [-0.25, -0.2) is 9.97 Å². The Bertz CT molecular complexity index is 571. The molecule has 2 heterocycles. The summed E-state index contributed by atoms with van der Waals surface area (Å²) in [5.41, 5.74) is 0.619. The summed E-state index contributed by atoms with van der Waals surface area (Å²) < 4.78 is 0. The Morgan fingerprint density at radius 3 is 2.84 bits per heavy atom. The average Bonchev–Trinajstić information content (AvgIpc) is 2.89. The molecule has 0 bridgehead atoms. The van der Waals surface area contributed by atoms with Crippen LogP contribution < -0.4 is 5.32 Å². The van der Waals surface area contributed by atoms with Crippen molar-refractivity contribution in [3.8, 4) is 0 Å². The normalized spacial score (nSPS) is 12.1. The monoisotopic (exact) mass is 278 g/mol. The SMILES string of the molecule is CCC(Nc1nccc(C)c1[N+](=O)[O-])c1nccs1. The van der Waals surface area contributed by atoms with Crippen LogP contribution in [0.3, 0.4) is 0 Å². The van der Waals surface area contributed by atoms with E-state index in [4.69, 9.17) is 0 Å². The van der Waals surface area contributed by atoms with Crippen molar-refractivity contribution >= 4 is 22.8 Å². The molecule has 0 radical (unpaired) electrons. The molecule has 2 aromatic heterocycles. The first-order valence-corrected chi connectivity index (χ1v) is 6.77. The van der Waals surface area contributed by atoms with E-state index in [9.17, 15) is 10.1 Å². The molecule has 1 unspecified atom stereocenters. The fourth-order valence-corrected chi connectivity index (χ4v) is 2.57. The summed E-state index contributed by atoms with van der Waals surface area (Å²) in [5, 5.41) is 17.0. The summed E-state index contributed by atoms with van der Waals surface area (Å²) in [6.07, 6.45) is 4.07. The van der Waals surface area contributed by atoms with Crippen molar-refractivity contribution < 1.29 is 4.92 Å². The molecule has 2 rings (SSSR count). The topological polar surface area (TPSA) is 81.0 Å². The number of nitro groups is 1. The fraction of sp³-hybridized carbons (Fsp3) is 0.333. The predicted octanol–water partition coefficient (Wildman–Crippen LogP) is 3.32. The minimum Gasteiger partial charge on any atom is -0.355 e. The summed E-state index contributed by atoms with van der Waals surface area (Å²) in [5.74, 6) is 0.298. The maximum atomic E-state index is 11.1. The number of anilines is 1. The molecule has 100 valence electrons. The van der Waals surface area contributed by atoms with Gasteiger partial charge in [-0.15, -0.1) is 11.3 Å². The molecule has 7 heteroatoms. The molecule has 0 aliphatic carbocycles. The number of pyridine rings is 1. The van der Waals surface area contributed by atoms with E-state index in [1.807, 2.05) is 12.3 Å². The van der Waals surface area contributed by atoms with E-state index in [0.29, 0.717) is 11.4 Å². The van der Waals surface area contributed by atoms with E-state index >= 15 is 0 Å². The van der Waals surface area contributed by atoms with Gasteiger partial charge in [0.1, 0.15) is 5.01 Å². The molecule has 0 saturated carbocycles. The highest BCUT2D eigenvalue weighted by Gasteiger charge is 2.22. The quantitative estimate of drug-likeness (QED) is 0.670. The van der Waals surface area contributed by atoms with E-state index in [-0.39, 0.29) is 11.7 Å². The lowest BCUT2D eigenvalue weighted by molar-refractivity contribution is -0.384. The van der Waals surface area contributed by atoms with Crippen molar-refractivity contribution in [2.75, 3.05) is 5.32 Å². The van der Waals surface area contributed by atoms with Gasteiger partial charge in [0.15, 0.2) is 0 Å².